The summed E-state index contributed by atoms with van der Waals surface area (Å²) in [5.41, 5.74) is 3.71. The molecule has 2 aromatic rings. The van der Waals surface area contributed by atoms with Gasteiger partial charge in [0.2, 0.25) is 0 Å². The van der Waals surface area contributed by atoms with E-state index in [4.69, 9.17) is 0 Å². The molecule has 1 aromatic carbocycles. The van der Waals surface area contributed by atoms with Crippen LogP contribution in [0.4, 0.5) is 0 Å². The highest BCUT2D eigenvalue weighted by Gasteiger charge is 2.14. The van der Waals surface area contributed by atoms with E-state index < -0.39 is 6.10 Å². The summed E-state index contributed by atoms with van der Waals surface area (Å²) in [4.78, 5) is 0. The van der Waals surface area contributed by atoms with Gasteiger partial charge in [0.25, 0.3) is 0 Å². The number of rotatable bonds is 3. The number of hydrogen-bond acceptors (Lipinski definition) is 2. The second-order valence-corrected chi connectivity index (χ2v) is 6.50. The van der Waals surface area contributed by atoms with Crippen LogP contribution in [0, 0.1) is 0 Å². The molecule has 1 aromatic heterocycles. The molecule has 0 aliphatic heterocycles. The predicted molar refractivity (Wildman–Crippen MR) is 78.1 cm³/mol. The highest BCUT2D eigenvalue weighted by molar-refractivity contribution is 7.07. The summed E-state index contributed by atoms with van der Waals surface area (Å²) in [6, 6.07) is 10.6. The Bertz CT molecular complexity index is 477. The van der Waals surface area contributed by atoms with Gasteiger partial charge < -0.3 is 5.11 Å². The molecule has 0 saturated carbocycles. The Hall–Kier alpha value is -1.12. The number of aliphatic hydroxyl groups is 1. The van der Waals surface area contributed by atoms with Crippen LogP contribution in [0.2, 0.25) is 0 Å². The summed E-state index contributed by atoms with van der Waals surface area (Å²) >= 11 is 1.62. The monoisotopic (exact) mass is 260 g/mol. The van der Waals surface area contributed by atoms with Gasteiger partial charge >= 0.3 is 0 Å². The molecule has 1 atom stereocenters. The Kier molecular flexibility index (Phi) is 3.88. The van der Waals surface area contributed by atoms with E-state index in [9.17, 15) is 5.11 Å². The Morgan fingerprint density at radius 1 is 1.11 bits per heavy atom. The van der Waals surface area contributed by atoms with Crippen molar-refractivity contribution in [3.63, 3.8) is 0 Å². The normalized spacial score (nSPS) is 13.6. The van der Waals surface area contributed by atoms with Gasteiger partial charge in [-0.1, -0.05) is 45.0 Å². The maximum absolute atomic E-state index is 10.1. The first-order valence-electron chi connectivity index (χ1n) is 6.26. The van der Waals surface area contributed by atoms with Crippen LogP contribution in [-0.2, 0) is 11.8 Å². The van der Waals surface area contributed by atoms with Crippen molar-refractivity contribution < 1.29 is 5.11 Å². The lowest BCUT2D eigenvalue weighted by Crippen LogP contribution is -2.11. The summed E-state index contributed by atoms with van der Waals surface area (Å²) in [6.07, 6.45) is 0.290. The fourth-order valence-corrected chi connectivity index (χ4v) is 2.65. The molecule has 1 heterocycles. The standard InChI is InChI=1S/C16H20OS/c1-16(2,3)14-6-4-12(5-7-14)10-15(17)13-8-9-18-11-13/h4-9,11,15,17H,10H2,1-3H3. The molecule has 0 spiro atoms. The largest absolute Gasteiger partial charge is 0.388 e. The van der Waals surface area contributed by atoms with Gasteiger partial charge in [0.15, 0.2) is 0 Å². The fourth-order valence-electron chi connectivity index (χ4n) is 1.95. The molecule has 0 aliphatic carbocycles. The van der Waals surface area contributed by atoms with Gasteiger partial charge in [-0.3, -0.25) is 0 Å². The number of benzene rings is 1. The molecule has 0 aliphatic rings. The molecular formula is C16H20OS. The van der Waals surface area contributed by atoms with Crippen molar-refractivity contribution in [2.75, 3.05) is 0 Å². The average Bonchev–Trinajstić information content (AvgIpc) is 2.82. The van der Waals surface area contributed by atoms with E-state index in [0.29, 0.717) is 6.42 Å². The summed E-state index contributed by atoms with van der Waals surface area (Å²) in [7, 11) is 0. The van der Waals surface area contributed by atoms with E-state index in [1.165, 1.54) is 11.1 Å². The zero-order valence-electron chi connectivity index (χ0n) is 11.2. The van der Waals surface area contributed by atoms with Gasteiger partial charge in [-0.25, -0.2) is 0 Å². The third kappa shape index (κ3) is 3.21. The maximum atomic E-state index is 10.1. The lowest BCUT2D eigenvalue weighted by molar-refractivity contribution is 0.179. The van der Waals surface area contributed by atoms with Crippen molar-refractivity contribution >= 4 is 11.3 Å². The van der Waals surface area contributed by atoms with Crippen molar-refractivity contribution in [2.24, 2.45) is 0 Å². The van der Waals surface area contributed by atoms with E-state index in [1.807, 2.05) is 16.8 Å². The SMILES string of the molecule is CC(C)(C)c1ccc(CC(O)c2ccsc2)cc1. The first kappa shape index (κ1) is 13.3. The Labute approximate surface area is 113 Å². The van der Waals surface area contributed by atoms with Crippen LogP contribution in [0.25, 0.3) is 0 Å². The van der Waals surface area contributed by atoms with Crippen LogP contribution in [0.5, 0.6) is 0 Å². The molecule has 2 rings (SSSR count). The maximum Gasteiger partial charge on any atom is 0.0838 e. The predicted octanol–water partition coefficient (Wildman–Crippen LogP) is 4.32. The number of aliphatic hydroxyl groups excluding tert-OH is 1. The van der Waals surface area contributed by atoms with E-state index >= 15 is 0 Å². The van der Waals surface area contributed by atoms with Crippen molar-refractivity contribution in [3.05, 3.63) is 57.8 Å². The van der Waals surface area contributed by atoms with Gasteiger partial charge in [0.05, 0.1) is 6.10 Å². The lowest BCUT2D eigenvalue weighted by atomic mass is 9.86. The summed E-state index contributed by atoms with van der Waals surface area (Å²) in [5.74, 6) is 0. The molecule has 0 radical (unpaired) electrons. The average molecular weight is 260 g/mol. The van der Waals surface area contributed by atoms with Gasteiger partial charge in [-0.15, -0.1) is 0 Å². The van der Waals surface area contributed by atoms with Crippen LogP contribution < -0.4 is 0 Å². The van der Waals surface area contributed by atoms with Crippen molar-refractivity contribution in [1.82, 2.24) is 0 Å². The van der Waals surface area contributed by atoms with Gasteiger partial charge in [-0.05, 0) is 38.9 Å². The molecule has 0 amide bonds. The molecule has 0 bridgehead atoms. The quantitative estimate of drug-likeness (QED) is 0.871. The minimum absolute atomic E-state index is 0.185. The smallest absolute Gasteiger partial charge is 0.0838 e. The third-order valence-electron chi connectivity index (χ3n) is 3.18. The molecular weight excluding hydrogens is 240 g/mol. The van der Waals surface area contributed by atoms with Gasteiger partial charge in [0.1, 0.15) is 0 Å². The molecule has 1 unspecified atom stereocenters. The van der Waals surface area contributed by atoms with E-state index in [0.717, 1.165) is 5.56 Å². The molecule has 0 saturated heterocycles. The van der Waals surface area contributed by atoms with E-state index in [2.05, 4.69) is 45.0 Å². The van der Waals surface area contributed by atoms with Crippen molar-refractivity contribution in [3.8, 4) is 0 Å². The molecule has 96 valence electrons. The van der Waals surface area contributed by atoms with Crippen LogP contribution in [0.1, 0.15) is 43.6 Å². The highest BCUT2D eigenvalue weighted by Crippen LogP contribution is 2.24. The highest BCUT2D eigenvalue weighted by atomic mass is 32.1. The minimum atomic E-state index is -0.392. The van der Waals surface area contributed by atoms with Gasteiger partial charge in [-0.2, -0.15) is 11.3 Å². The van der Waals surface area contributed by atoms with Crippen LogP contribution in [0.3, 0.4) is 0 Å². The third-order valence-corrected chi connectivity index (χ3v) is 3.88. The first-order valence-corrected chi connectivity index (χ1v) is 7.20. The number of hydrogen-bond donors (Lipinski definition) is 1. The zero-order chi connectivity index (χ0) is 13.2. The lowest BCUT2D eigenvalue weighted by Gasteiger charge is -2.19. The second-order valence-electron chi connectivity index (χ2n) is 5.72. The Morgan fingerprint density at radius 3 is 2.28 bits per heavy atom. The summed E-state index contributed by atoms with van der Waals surface area (Å²) < 4.78 is 0. The zero-order valence-corrected chi connectivity index (χ0v) is 12.0. The van der Waals surface area contributed by atoms with E-state index in [1.54, 1.807) is 11.3 Å². The molecule has 1 N–H and O–H groups in total. The number of thiophene rings is 1. The molecule has 1 nitrogen and oxygen atoms in total. The second kappa shape index (κ2) is 5.25. The Morgan fingerprint density at radius 2 is 1.78 bits per heavy atom. The molecule has 18 heavy (non-hydrogen) atoms. The summed E-state index contributed by atoms with van der Waals surface area (Å²) in [6.45, 7) is 6.63. The van der Waals surface area contributed by atoms with Gasteiger partial charge in [0, 0.05) is 6.42 Å². The van der Waals surface area contributed by atoms with Crippen LogP contribution >= 0.6 is 11.3 Å². The van der Waals surface area contributed by atoms with Crippen LogP contribution in [-0.4, -0.2) is 5.11 Å². The minimum Gasteiger partial charge on any atom is -0.388 e. The Balaban J connectivity index is 2.07. The summed E-state index contributed by atoms with van der Waals surface area (Å²) in [5, 5.41) is 14.1. The molecule has 2 heteroatoms. The molecule has 0 fully saturated rings. The van der Waals surface area contributed by atoms with Crippen LogP contribution in [0.15, 0.2) is 41.1 Å². The topological polar surface area (TPSA) is 20.2 Å². The van der Waals surface area contributed by atoms with Crippen molar-refractivity contribution in [2.45, 2.75) is 38.7 Å². The van der Waals surface area contributed by atoms with E-state index in [-0.39, 0.29) is 5.41 Å². The first-order chi connectivity index (χ1) is 8.47. The fraction of sp³-hybridized carbons (Fsp3) is 0.375. The van der Waals surface area contributed by atoms with Crippen molar-refractivity contribution in [1.29, 1.82) is 0 Å².